The lowest BCUT2D eigenvalue weighted by Gasteiger charge is -2.04. The van der Waals surface area contributed by atoms with Crippen molar-refractivity contribution in [1.82, 2.24) is 0 Å². The minimum absolute atomic E-state index is 0.209. The summed E-state index contributed by atoms with van der Waals surface area (Å²) in [5, 5.41) is 8.31. The third-order valence-corrected chi connectivity index (χ3v) is 3.16. The van der Waals surface area contributed by atoms with Crippen molar-refractivity contribution in [2.75, 3.05) is 13.2 Å². The minimum atomic E-state index is -1.17. The Morgan fingerprint density at radius 2 is 1.32 bits per heavy atom. The average molecular weight is 316 g/mol. The van der Waals surface area contributed by atoms with Crippen molar-refractivity contribution in [3.63, 3.8) is 0 Å². The van der Waals surface area contributed by atoms with Crippen LogP contribution in [-0.2, 0) is 23.9 Å². The van der Waals surface area contributed by atoms with E-state index in [0.717, 1.165) is 12.8 Å². The van der Waals surface area contributed by atoms with Crippen molar-refractivity contribution in [3.05, 3.63) is 0 Å². The molecule has 0 bridgehead atoms. The standard InChI is InChI=1S/C16H28O6/c1-2-3-4-5-6-7-8-9-10-11-15(19)22-16(20)13-21-12-14(17)18/h2-13H2,1H3,(H,17,18). The number of carboxylic acid groups (broad SMARTS) is 1. The summed E-state index contributed by atoms with van der Waals surface area (Å²) in [5.41, 5.74) is 0. The summed E-state index contributed by atoms with van der Waals surface area (Å²) in [5.74, 6) is -2.59. The molecule has 0 aromatic heterocycles. The Labute approximate surface area is 132 Å². The van der Waals surface area contributed by atoms with Gasteiger partial charge in [0.25, 0.3) is 0 Å². The molecule has 0 spiro atoms. The largest absolute Gasteiger partial charge is 0.480 e. The third-order valence-electron chi connectivity index (χ3n) is 3.16. The number of esters is 2. The van der Waals surface area contributed by atoms with Crippen molar-refractivity contribution < 1.29 is 29.0 Å². The summed E-state index contributed by atoms with van der Waals surface area (Å²) in [6.07, 6.45) is 10.5. The summed E-state index contributed by atoms with van der Waals surface area (Å²) < 4.78 is 9.04. The van der Waals surface area contributed by atoms with Gasteiger partial charge in [0.05, 0.1) is 0 Å². The molecule has 0 atom stereocenters. The number of hydrogen-bond donors (Lipinski definition) is 1. The Morgan fingerprint density at radius 1 is 0.773 bits per heavy atom. The van der Waals surface area contributed by atoms with E-state index in [-0.39, 0.29) is 6.42 Å². The number of carboxylic acids is 1. The van der Waals surface area contributed by atoms with Crippen LogP contribution < -0.4 is 0 Å². The second-order valence-electron chi connectivity index (χ2n) is 5.31. The molecule has 0 aliphatic heterocycles. The highest BCUT2D eigenvalue weighted by atomic mass is 16.6. The lowest BCUT2D eigenvalue weighted by molar-refractivity contribution is -0.163. The zero-order valence-electron chi connectivity index (χ0n) is 13.5. The van der Waals surface area contributed by atoms with Gasteiger partial charge in [-0.15, -0.1) is 0 Å². The predicted molar refractivity (Wildman–Crippen MR) is 81.4 cm³/mol. The Bertz CT molecular complexity index is 327. The van der Waals surface area contributed by atoms with E-state index in [9.17, 15) is 14.4 Å². The summed E-state index contributed by atoms with van der Waals surface area (Å²) in [6.45, 7) is 1.10. The first kappa shape index (κ1) is 20.6. The maximum Gasteiger partial charge on any atom is 0.339 e. The van der Waals surface area contributed by atoms with Crippen molar-refractivity contribution in [2.45, 2.75) is 71.1 Å². The molecule has 0 saturated carbocycles. The molecule has 0 aliphatic rings. The Balaban J connectivity index is 3.38. The third kappa shape index (κ3) is 15.0. The average Bonchev–Trinajstić information content (AvgIpc) is 2.45. The van der Waals surface area contributed by atoms with E-state index in [1.54, 1.807) is 0 Å². The molecule has 22 heavy (non-hydrogen) atoms. The fourth-order valence-electron chi connectivity index (χ4n) is 2.01. The first-order valence-corrected chi connectivity index (χ1v) is 8.09. The zero-order valence-corrected chi connectivity index (χ0v) is 13.5. The monoisotopic (exact) mass is 316 g/mol. The van der Waals surface area contributed by atoms with E-state index in [0.29, 0.717) is 6.42 Å². The van der Waals surface area contributed by atoms with Gasteiger partial charge < -0.3 is 14.6 Å². The van der Waals surface area contributed by atoms with Crippen LogP contribution >= 0.6 is 0 Å². The molecular formula is C16H28O6. The number of hydrogen-bond acceptors (Lipinski definition) is 5. The van der Waals surface area contributed by atoms with Gasteiger partial charge in [-0.2, -0.15) is 0 Å². The Hall–Kier alpha value is -1.43. The van der Waals surface area contributed by atoms with Gasteiger partial charge in [0.15, 0.2) is 0 Å². The van der Waals surface area contributed by atoms with Crippen LogP contribution in [0.4, 0.5) is 0 Å². The topological polar surface area (TPSA) is 89.9 Å². The van der Waals surface area contributed by atoms with Gasteiger partial charge in [0.2, 0.25) is 0 Å². The molecule has 0 heterocycles. The highest BCUT2D eigenvalue weighted by Gasteiger charge is 2.11. The summed E-state index contributed by atoms with van der Waals surface area (Å²) >= 11 is 0. The van der Waals surface area contributed by atoms with E-state index in [1.807, 2.05) is 0 Å². The normalized spacial score (nSPS) is 10.4. The predicted octanol–water partition coefficient (Wildman–Crippen LogP) is 3.08. The van der Waals surface area contributed by atoms with Crippen LogP contribution in [0.1, 0.15) is 71.1 Å². The molecule has 0 saturated heterocycles. The van der Waals surface area contributed by atoms with Crippen LogP contribution in [0.5, 0.6) is 0 Å². The fourth-order valence-corrected chi connectivity index (χ4v) is 2.01. The molecule has 0 amide bonds. The van der Waals surface area contributed by atoms with Crippen molar-refractivity contribution in [3.8, 4) is 0 Å². The van der Waals surface area contributed by atoms with Gasteiger partial charge in [-0.1, -0.05) is 58.3 Å². The molecular weight excluding hydrogens is 288 g/mol. The van der Waals surface area contributed by atoms with E-state index in [1.165, 1.54) is 38.5 Å². The summed E-state index contributed by atoms with van der Waals surface area (Å²) in [6, 6.07) is 0. The summed E-state index contributed by atoms with van der Waals surface area (Å²) in [7, 11) is 0. The first-order valence-electron chi connectivity index (χ1n) is 8.09. The number of aliphatic carboxylic acids is 1. The summed E-state index contributed by atoms with van der Waals surface area (Å²) in [4.78, 5) is 32.6. The van der Waals surface area contributed by atoms with Crippen LogP contribution in [0.3, 0.4) is 0 Å². The lowest BCUT2D eigenvalue weighted by atomic mass is 10.1. The molecule has 0 aromatic rings. The van der Waals surface area contributed by atoms with E-state index in [4.69, 9.17) is 5.11 Å². The fraction of sp³-hybridized carbons (Fsp3) is 0.812. The highest BCUT2D eigenvalue weighted by Crippen LogP contribution is 2.10. The van der Waals surface area contributed by atoms with Crippen molar-refractivity contribution in [1.29, 1.82) is 0 Å². The smallest absolute Gasteiger partial charge is 0.339 e. The molecule has 0 unspecified atom stereocenters. The van der Waals surface area contributed by atoms with Crippen LogP contribution in [0.15, 0.2) is 0 Å². The molecule has 0 aliphatic carbocycles. The Morgan fingerprint density at radius 3 is 1.86 bits per heavy atom. The molecule has 0 rings (SSSR count). The molecule has 1 N–H and O–H groups in total. The molecule has 6 heteroatoms. The second kappa shape index (κ2) is 14.5. The number of carbonyl (C=O) groups excluding carboxylic acids is 2. The van der Waals surface area contributed by atoms with E-state index >= 15 is 0 Å². The van der Waals surface area contributed by atoms with Crippen molar-refractivity contribution >= 4 is 17.9 Å². The number of rotatable bonds is 14. The van der Waals surface area contributed by atoms with Crippen LogP contribution in [-0.4, -0.2) is 36.2 Å². The van der Waals surface area contributed by atoms with Crippen molar-refractivity contribution in [2.24, 2.45) is 0 Å². The van der Waals surface area contributed by atoms with Crippen LogP contribution in [0.2, 0.25) is 0 Å². The molecule has 0 aromatic carbocycles. The van der Waals surface area contributed by atoms with Gasteiger partial charge in [-0.05, 0) is 6.42 Å². The molecule has 128 valence electrons. The van der Waals surface area contributed by atoms with Gasteiger partial charge in [-0.3, -0.25) is 4.79 Å². The van der Waals surface area contributed by atoms with Crippen LogP contribution in [0.25, 0.3) is 0 Å². The quantitative estimate of drug-likeness (QED) is 0.301. The maximum absolute atomic E-state index is 11.3. The van der Waals surface area contributed by atoms with E-state index in [2.05, 4.69) is 16.4 Å². The Kier molecular flexibility index (Phi) is 13.6. The number of carbonyl (C=O) groups is 3. The van der Waals surface area contributed by atoms with Gasteiger partial charge >= 0.3 is 17.9 Å². The van der Waals surface area contributed by atoms with Crippen LogP contribution in [0, 0.1) is 0 Å². The molecule has 0 radical (unpaired) electrons. The molecule has 6 nitrogen and oxygen atoms in total. The zero-order chi connectivity index (χ0) is 16.6. The van der Waals surface area contributed by atoms with Gasteiger partial charge in [-0.25, -0.2) is 9.59 Å². The lowest BCUT2D eigenvalue weighted by Crippen LogP contribution is -2.19. The SMILES string of the molecule is CCCCCCCCCCCC(=O)OC(=O)COCC(=O)O. The van der Waals surface area contributed by atoms with Gasteiger partial charge in [0.1, 0.15) is 13.2 Å². The number of ether oxygens (including phenoxy) is 2. The molecule has 0 fully saturated rings. The maximum atomic E-state index is 11.3. The highest BCUT2D eigenvalue weighted by molar-refractivity contribution is 5.86. The number of unbranched alkanes of at least 4 members (excludes halogenated alkanes) is 8. The second-order valence-corrected chi connectivity index (χ2v) is 5.31. The van der Waals surface area contributed by atoms with E-state index < -0.39 is 31.1 Å². The van der Waals surface area contributed by atoms with Gasteiger partial charge in [0, 0.05) is 6.42 Å². The minimum Gasteiger partial charge on any atom is -0.480 e. The first-order chi connectivity index (χ1) is 10.6.